The third-order valence-electron chi connectivity index (χ3n) is 4.15. The quantitative estimate of drug-likeness (QED) is 0.660. The maximum Gasteiger partial charge on any atom is 0.223 e. The van der Waals surface area contributed by atoms with Crippen molar-refractivity contribution in [2.24, 2.45) is 0 Å². The molecule has 0 radical (unpaired) electrons. The molecule has 148 valence electrons. The number of nitrogens with one attached hydrogen (secondary N) is 1. The number of rotatable bonds is 6. The Morgan fingerprint density at radius 1 is 1.32 bits per heavy atom. The van der Waals surface area contributed by atoms with Crippen molar-refractivity contribution >= 4 is 32.2 Å². The molecular formula is C19H22N4O3S2. The Morgan fingerprint density at radius 2 is 2.07 bits per heavy atom. The lowest BCUT2D eigenvalue weighted by Gasteiger charge is -2.13. The molecule has 0 spiro atoms. The summed E-state index contributed by atoms with van der Waals surface area (Å²) >= 11 is 1.36. The second-order valence-electron chi connectivity index (χ2n) is 6.53. The predicted octanol–water partition coefficient (Wildman–Crippen LogP) is 3.62. The van der Waals surface area contributed by atoms with Gasteiger partial charge in [0.25, 0.3) is 0 Å². The standard InChI is InChI=1S/C19H22N4O3S2/c1-5-6-17-20-9-10-23(17)15-11-14(7-8-16(15)28(4,25)26)18-12(2)21-19(27-18)22-13(3)24/h7-11H,5-6H2,1-4H3,(H,21,22,24). The van der Waals surface area contributed by atoms with E-state index in [0.717, 1.165) is 34.8 Å². The summed E-state index contributed by atoms with van der Waals surface area (Å²) in [5.41, 5.74) is 2.17. The topological polar surface area (TPSA) is 93.9 Å². The average molecular weight is 419 g/mol. The summed E-state index contributed by atoms with van der Waals surface area (Å²) < 4.78 is 26.6. The Kier molecular flexibility index (Phi) is 5.66. The van der Waals surface area contributed by atoms with Crippen LogP contribution in [0, 0.1) is 6.92 Å². The molecule has 28 heavy (non-hydrogen) atoms. The fourth-order valence-corrected chi connectivity index (χ4v) is 4.85. The van der Waals surface area contributed by atoms with Crippen molar-refractivity contribution in [3.63, 3.8) is 0 Å². The molecule has 2 aromatic heterocycles. The average Bonchev–Trinajstić information content (AvgIpc) is 3.20. The van der Waals surface area contributed by atoms with Gasteiger partial charge in [-0.2, -0.15) is 0 Å². The highest BCUT2D eigenvalue weighted by atomic mass is 32.2. The fraction of sp³-hybridized carbons (Fsp3) is 0.316. The summed E-state index contributed by atoms with van der Waals surface area (Å²) in [6.45, 7) is 5.35. The number of amides is 1. The Hall–Kier alpha value is -2.52. The largest absolute Gasteiger partial charge is 0.302 e. The fourth-order valence-electron chi connectivity index (χ4n) is 2.99. The molecule has 0 aliphatic heterocycles. The number of hydrogen-bond donors (Lipinski definition) is 1. The molecule has 1 N–H and O–H groups in total. The number of nitrogens with zero attached hydrogens (tertiary/aromatic N) is 3. The Bertz CT molecular complexity index is 1130. The summed E-state index contributed by atoms with van der Waals surface area (Å²) in [5, 5.41) is 3.21. The van der Waals surface area contributed by atoms with Gasteiger partial charge in [-0.05, 0) is 31.0 Å². The van der Waals surface area contributed by atoms with Gasteiger partial charge in [0, 0.05) is 32.0 Å². The number of benzene rings is 1. The number of carbonyl (C=O) groups excluding carboxylic acids is 1. The highest BCUT2D eigenvalue weighted by Gasteiger charge is 2.19. The first-order valence-electron chi connectivity index (χ1n) is 8.82. The van der Waals surface area contributed by atoms with Crippen molar-refractivity contribution in [1.82, 2.24) is 14.5 Å². The van der Waals surface area contributed by atoms with E-state index in [1.165, 1.54) is 24.5 Å². The van der Waals surface area contributed by atoms with E-state index in [0.29, 0.717) is 10.8 Å². The van der Waals surface area contributed by atoms with Gasteiger partial charge < -0.3 is 9.88 Å². The third kappa shape index (κ3) is 4.15. The van der Waals surface area contributed by atoms with Crippen LogP contribution >= 0.6 is 11.3 Å². The lowest BCUT2D eigenvalue weighted by Crippen LogP contribution is -2.08. The molecule has 0 aliphatic rings. The van der Waals surface area contributed by atoms with E-state index >= 15 is 0 Å². The van der Waals surface area contributed by atoms with Crippen molar-refractivity contribution in [2.75, 3.05) is 11.6 Å². The van der Waals surface area contributed by atoms with Crippen LogP contribution in [0.2, 0.25) is 0 Å². The van der Waals surface area contributed by atoms with E-state index in [4.69, 9.17) is 0 Å². The smallest absolute Gasteiger partial charge is 0.223 e. The number of imidazole rings is 1. The van der Waals surface area contributed by atoms with Gasteiger partial charge in [-0.25, -0.2) is 18.4 Å². The molecule has 9 heteroatoms. The van der Waals surface area contributed by atoms with E-state index < -0.39 is 9.84 Å². The maximum atomic E-state index is 12.4. The maximum absolute atomic E-state index is 12.4. The second-order valence-corrected chi connectivity index (χ2v) is 9.52. The summed E-state index contributed by atoms with van der Waals surface area (Å²) in [7, 11) is -3.43. The van der Waals surface area contributed by atoms with Gasteiger partial charge in [-0.15, -0.1) is 0 Å². The van der Waals surface area contributed by atoms with Gasteiger partial charge in [0.1, 0.15) is 5.82 Å². The normalized spacial score (nSPS) is 11.6. The monoisotopic (exact) mass is 418 g/mol. The van der Waals surface area contributed by atoms with Crippen LogP contribution in [-0.2, 0) is 21.1 Å². The number of anilines is 1. The first kappa shape index (κ1) is 20.2. The molecule has 0 unspecified atom stereocenters. The summed E-state index contributed by atoms with van der Waals surface area (Å²) in [6, 6.07) is 5.23. The van der Waals surface area contributed by atoms with Gasteiger partial charge in [0.15, 0.2) is 15.0 Å². The Labute approximate surface area is 168 Å². The van der Waals surface area contributed by atoms with Crippen LogP contribution in [0.5, 0.6) is 0 Å². The minimum atomic E-state index is -3.43. The summed E-state index contributed by atoms with van der Waals surface area (Å²) in [5.74, 6) is 0.626. The lowest BCUT2D eigenvalue weighted by molar-refractivity contribution is -0.114. The summed E-state index contributed by atoms with van der Waals surface area (Å²) in [6.07, 6.45) is 6.30. The number of sulfone groups is 1. The second kappa shape index (κ2) is 7.84. The van der Waals surface area contributed by atoms with Crippen LogP contribution in [-0.4, -0.2) is 35.1 Å². The zero-order valence-corrected chi connectivity index (χ0v) is 17.8. The first-order chi connectivity index (χ1) is 13.2. The van der Waals surface area contributed by atoms with Crippen LogP contribution in [0.25, 0.3) is 16.1 Å². The molecule has 0 aliphatic carbocycles. The lowest BCUT2D eigenvalue weighted by atomic mass is 10.1. The molecule has 0 saturated carbocycles. The molecular weight excluding hydrogens is 396 g/mol. The van der Waals surface area contributed by atoms with Crippen LogP contribution in [0.15, 0.2) is 35.5 Å². The van der Waals surface area contributed by atoms with Crippen molar-refractivity contribution in [3.05, 3.63) is 42.1 Å². The van der Waals surface area contributed by atoms with Gasteiger partial charge in [0.2, 0.25) is 5.91 Å². The first-order valence-corrected chi connectivity index (χ1v) is 11.5. The molecule has 0 atom stereocenters. The zero-order valence-electron chi connectivity index (χ0n) is 16.2. The van der Waals surface area contributed by atoms with Gasteiger partial charge >= 0.3 is 0 Å². The van der Waals surface area contributed by atoms with E-state index in [1.807, 2.05) is 17.6 Å². The third-order valence-corrected chi connectivity index (χ3v) is 6.42. The zero-order chi connectivity index (χ0) is 20.5. The molecule has 0 saturated heterocycles. The SMILES string of the molecule is CCCc1nccn1-c1cc(-c2sc(NC(C)=O)nc2C)ccc1S(C)(=O)=O. The highest BCUT2D eigenvalue weighted by Crippen LogP contribution is 2.35. The van der Waals surface area contributed by atoms with Crippen molar-refractivity contribution in [1.29, 1.82) is 0 Å². The summed E-state index contributed by atoms with van der Waals surface area (Å²) in [4.78, 5) is 21.2. The molecule has 0 fully saturated rings. The van der Waals surface area contributed by atoms with E-state index in [9.17, 15) is 13.2 Å². The molecule has 1 amide bonds. The van der Waals surface area contributed by atoms with Crippen LogP contribution in [0.1, 0.15) is 31.8 Å². The highest BCUT2D eigenvalue weighted by molar-refractivity contribution is 7.90. The van der Waals surface area contributed by atoms with Crippen LogP contribution in [0.3, 0.4) is 0 Å². The molecule has 7 nitrogen and oxygen atoms in total. The molecule has 3 rings (SSSR count). The number of carbonyl (C=O) groups is 1. The molecule has 3 aromatic rings. The van der Waals surface area contributed by atoms with Gasteiger partial charge in [-0.1, -0.05) is 24.3 Å². The minimum absolute atomic E-state index is 0.184. The van der Waals surface area contributed by atoms with E-state index in [1.54, 1.807) is 24.5 Å². The number of thiazole rings is 1. The molecule has 0 bridgehead atoms. The number of hydrogen-bond acceptors (Lipinski definition) is 6. The van der Waals surface area contributed by atoms with Crippen molar-refractivity contribution < 1.29 is 13.2 Å². The van der Waals surface area contributed by atoms with Crippen LogP contribution < -0.4 is 5.32 Å². The van der Waals surface area contributed by atoms with Gasteiger partial charge in [0.05, 0.1) is 21.2 Å². The van der Waals surface area contributed by atoms with E-state index in [2.05, 4.69) is 22.2 Å². The van der Waals surface area contributed by atoms with Crippen molar-refractivity contribution in [3.8, 4) is 16.1 Å². The number of aromatic nitrogens is 3. The Morgan fingerprint density at radius 3 is 2.71 bits per heavy atom. The van der Waals surface area contributed by atoms with Crippen LogP contribution in [0.4, 0.5) is 5.13 Å². The van der Waals surface area contributed by atoms with Crippen molar-refractivity contribution in [2.45, 2.75) is 38.5 Å². The molecule has 2 heterocycles. The molecule has 1 aromatic carbocycles. The van der Waals surface area contributed by atoms with Gasteiger partial charge in [-0.3, -0.25) is 4.79 Å². The van der Waals surface area contributed by atoms with E-state index in [-0.39, 0.29) is 10.8 Å². The minimum Gasteiger partial charge on any atom is -0.302 e. The number of aryl methyl sites for hydroxylation is 2. The Balaban J connectivity index is 2.18. The predicted molar refractivity (Wildman–Crippen MR) is 111 cm³/mol.